The molecule has 1 amide bonds. The van der Waals surface area contributed by atoms with E-state index in [1.54, 1.807) is 19.2 Å². The van der Waals surface area contributed by atoms with Crippen molar-refractivity contribution in [2.24, 2.45) is 0 Å². The molecular weight excluding hydrogens is 286 g/mol. The van der Waals surface area contributed by atoms with Crippen molar-refractivity contribution in [2.45, 2.75) is 13.3 Å². The first-order chi connectivity index (χ1) is 7.91. The Morgan fingerprint density at radius 2 is 2.06 bits per heavy atom. The van der Waals surface area contributed by atoms with E-state index in [4.69, 9.17) is 5.11 Å². The number of hydrogen-bond acceptors (Lipinski definition) is 2. The predicted octanol–water partition coefficient (Wildman–Crippen LogP) is 2.30. The molecule has 0 fully saturated rings. The van der Waals surface area contributed by atoms with Crippen LogP contribution in [0.5, 0.6) is 0 Å². The molecule has 0 saturated heterocycles. The standard InChI is InChI=1S/C12H14BrNO3/c1-8-7-9(13)3-4-10(8)12(17)14(2)6-5-11(15)16/h3-4,7H,5-6H2,1-2H3,(H,15,16). The van der Waals surface area contributed by atoms with Crippen molar-refractivity contribution in [1.29, 1.82) is 0 Å². The van der Waals surface area contributed by atoms with Crippen LogP contribution in [0.25, 0.3) is 0 Å². The highest BCUT2D eigenvalue weighted by atomic mass is 79.9. The minimum Gasteiger partial charge on any atom is -0.481 e. The SMILES string of the molecule is Cc1cc(Br)ccc1C(=O)N(C)CCC(=O)O. The topological polar surface area (TPSA) is 57.6 Å². The van der Waals surface area contributed by atoms with Gasteiger partial charge in [0, 0.05) is 23.6 Å². The lowest BCUT2D eigenvalue weighted by Gasteiger charge is -2.17. The molecule has 0 aliphatic rings. The Morgan fingerprint density at radius 3 is 2.59 bits per heavy atom. The number of carboxylic acid groups (broad SMARTS) is 1. The largest absolute Gasteiger partial charge is 0.481 e. The maximum absolute atomic E-state index is 12.0. The van der Waals surface area contributed by atoms with Crippen molar-refractivity contribution in [3.05, 3.63) is 33.8 Å². The first-order valence-electron chi connectivity index (χ1n) is 5.15. The number of carboxylic acids is 1. The number of benzene rings is 1. The van der Waals surface area contributed by atoms with Gasteiger partial charge in [0.1, 0.15) is 0 Å². The van der Waals surface area contributed by atoms with Crippen LogP contribution in [-0.4, -0.2) is 35.5 Å². The average molecular weight is 300 g/mol. The number of rotatable bonds is 4. The Labute approximate surface area is 108 Å². The number of hydrogen-bond donors (Lipinski definition) is 1. The van der Waals surface area contributed by atoms with E-state index in [9.17, 15) is 9.59 Å². The van der Waals surface area contributed by atoms with Gasteiger partial charge in [0.25, 0.3) is 5.91 Å². The third-order valence-electron chi connectivity index (χ3n) is 2.43. The van der Waals surface area contributed by atoms with Crippen LogP contribution in [0.2, 0.25) is 0 Å². The van der Waals surface area contributed by atoms with E-state index in [0.717, 1.165) is 10.0 Å². The summed E-state index contributed by atoms with van der Waals surface area (Å²) in [5.74, 6) is -1.06. The molecule has 0 bridgehead atoms. The quantitative estimate of drug-likeness (QED) is 0.928. The molecule has 0 unspecified atom stereocenters. The second kappa shape index (κ2) is 5.82. The number of aliphatic carboxylic acids is 1. The number of carbonyl (C=O) groups excluding carboxylic acids is 1. The van der Waals surface area contributed by atoms with Gasteiger partial charge in [-0.3, -0.25) is 9.59 Å². The third kappa shape index (κ3) is 3.85. The van der Waals surface area contributed by atoms with Crippen LogP contribution >= 0.6 is 15.9 Å². The van der Waals surface area contributed by atoms with Crippen LogP contribution in [0.15, 0.2) is 22.7 Å². The zero-order valence-electron chi connectivity index (χ0n) is 9.74. The molecule has 0 atom stereocenters. The number of aryl methyl sites for hydroxylation is 1. The lowest BCUT2D eigenvalue weighted by Crippen LogP contribution is -2.29. The first kappa shape index (κ1) is 13.7. The van der Waals surface area contributed by atoms with Crippen molar-refractivity contribution >= 4 is 27.8 Å². The lowest BCUT2D eigenvalue weighted by atomic mass is 10.1. The van der Waals surface area contributed by atoms with Gasteiger partial charge in [0.2, 0.25) is 0 Å². The Balaban J connectivity index is 2.78. The fourth-order valence-electron chi connectivity index (χ4n) is 1.44. The van der Waals surface area contributed by atoms with Crippen LogP contribution in [0.3, 0.4) is 0 Å². The molecular formula is C12H14BrNO3. The van der Waals surface area contributed by atoms with Crippen molar-refractivity contribution in [1.82, 2.24) is 4.90 Å². The second-order valence-corrected chi connectivity index (χ2v) is 4.75. The molecule has 0 radical (unpaired) electrons. The molecule has 17 heavy (non-hydrogen) atoms. The summed E-state index contributed by atoms with van der Waals surface area (Å²) in [6.07, 6.45) is -0.0438. The molecule has 1 rings (SSSR count). The van der Waals surface area contributed by atoms with E-state index < -0.39 is 5.97 Å². The molecule has 0 aliphatic heterocycles. The summed E-state index contributed by atoms with van der Waals surface area (Å²) in [6, 6.07) is 5.39. The van der Waals surface area contributed by atoms with E-state index in [-0.39, 0.29) is 18.9 Å². The smallest absolute Gasteiger partial charge is 0.305 e. The summed E-state index contributed by atoms with van der Waals surface area (Å²) >= 11 is 3.33. The second-order valence-electron chi connectivity index (χ2n) is 3.83. The van der Waals surface area contributed by atoms with Gasteiger partial charge in [-0.1, -0.05) is 15.9 Å². The lowest BCUT2D eigenvalue weighted by molar-refractivity contribution is -0.137. The van der Waals surface area contributed by atoms with Crippen molar-refractivity contribution in [3.63, 3.8) is 0 Å². The summed E-state index contributed by atoms with van der Waals surface area (Å²) in [6.45, 7) is 2.06. The van der Waals surface area contributed by atoms with Gasteiger partial charge in [-0.05, 0) is 30.7 Å². The maximum atomic E-state index is 12.0. The van der Waals surface area contributed by atoms with Crippen molar-refractivity contribution in [3.8, 4) is 0 Å². The van der Waals surface area contributed by atoms with Crippen LogP contribution in [0.1, 0.15) is 22.3 Å². The zero-order chi connectivity index (χ0) is 13.0. The monoisotopic (exact) mass is 299 g/mol. The maximum Gasteiger partial charge on any atom is 0.305 e. The van der Waals surface area contributed by atoms with E-state index >= 15 is 0 Å². The molecule has 0 heterocycles. The number of halogens is 1. The van der Waals surface area contributed by atoms with Crippen LogP contribution in [0.4, 0.5) is 0 Å². The fraction of sp³-hybridized carbons (Fsp3) is 0.333. The molecule has 0 spiro atoms. The minimum absolute atomic E-state index is 0.0438. The fourth-order valence-corrected chi connectivity index (χ4v) is 1.91. The molecule has 1 aromatic rings. The van der Waals surface area contributed by atoms with Gasteiger partial charge in [-0.25, -0.2) is 0 Å². The minimum atomic E-state index is -0.905. The molecule has 0 aliphatic carbocycles. The Morgan fingerprint density at radius 1 is 1.41 bits per heavy atom. The van der Waals surface area contributed by atoms with E-state index in [2.05, 4.69) is 15.9 Å². The van der Waals surface area contributed by atoms with Gasteiger partial charge in [-0.15, -0.1) is 0 Å². The molecule has 0 saturated carbocycles. The van der Waals surface area contributed by atoms with Crippen LogP contribution < -0.4 is 0 Å². The highest BCUT2D eigenvalue weighted by molar-refractivity contribution is 9.10. The number of carbonyl (C=O) groups is 2. The molecule has 4 nitrogen and oxygen atoms in total. The summed E-state index contributed by atoms with van der Waals surface area (Å²) in [7, 11) is 1.60. The average Bonchev–Trinajstić information content (AvgIpc) is 2.25. The van der Waals surface area contributed by atoms with E-state index in [1.165, 1.54) is 4.90 Å². The van der Waals surface area contributed by atoms with Crippen LogP contribution in [-0.2, 0) is 4.79 Å². The molecule has 1 aromatic carbocycles. The van der Waals surface area contributed by atoms with Gasteiger partial charge in [-0.2, -0.15) is 0 Å². The number of amides is 1. The normalized spacial score (nSPS) is 10.1. The summed E-state index contributed by atoms with van der Waals surface area (Å²) in [5, 5.41) is 8.56. The van der Waals surface area contributed by atoms with E-state index in [0.29, 0.717) is 5.56 Å². The summed E-state index contributed by atoms with van der Waals surface area (Å²) < 4.78 is 0.916. The number of nitrogens with zero attached hydrogens (tertiary/aromatic N) is 1. The van der Waals surface area contributed by atoms with E-state index in [1.807, 2.05) is 13.0 Å². The molecule has 1 N–H and O–H groups in total. The molecule has 5 heteroatoms. The van der Waals surface area contributed by atoms with Gasteiger partial charge in [0.05, 0.1) is 6.42 Å². The highest BCUT2D eigenvalue weighted by Gasteiger charge is 2.14. The van der Waals surface area contributed by atoms with Crippen LogP contribution in [0, 0.1) is 6.92 Å². The third-order valence-corrected chi connectivity index (χ3v) is 2.92. The Hall–Kier alpha value is -1.36. The Kier molecular flexibility index (Phi) is 4.69. The van der Waals surface area contributed by atoms with Crippen molar-refractivity contribution in [2.75, 3.05) is 13.6 Å². The zero-order valence-corrected chi connectivity index (χ0v) is 11.3. The Bertz CT molecular complexity index is 445. The van der Waals surface area contributed by atoms with Crippen molar-refractivity contribution < 1.29 is 14.7 Å². The van der Waals surface area contributed by atoms with Gasteiger partial charge >= 0.3 is 5.97 Å². The predicted molar refractivity (Wildman–Crippen MR) is 68.1 cm³/mol. The molecule has 92 valence electrons. The van der Waals surface area contributed by atoms with Gasteiger partial charge in [0.15, 0.2) is 0 Å². The first-order valence-corrected chi connectivity index (χ1v) is 5.94. The van der Waals surface area contributed by atoms with Gasteiger partial charge < -0.3 is 10.0 Å². The highest BCUT2D eigenvalue weighted by Crippen LogP contribution is 2.17. The summed E-state index contributed by atoms with van der Waals surface area (Å²) in [5.41, 5.74) is 1.47. The molecule has 0 aromatic heterocycles. The summed E-state index contributed by atoms with van der Waals surface area (Å²) in [4.78, 5) is 23.9.